The summed E-state index contributed by atoms with van der Waals surface area (Å²) in [7, 11) is 0. The molecular formula is C18H12NO3. The van der Waals surface area contributed by atoms with Crippen LogP contribution in [0.5, 0.6) is 17.4 Å². The van der Waals surface area contributed by atoms with E-state index in [9.17, 15) is 5.26 Å². The van der Waals surface area contributed by atoms with Gasteiger partial charge in [-0.2, -0.15) is 5.26 Å². The lowest BCUT2D eigenvalue weighted by molar-refractivity contribution is 0.289. The smallest absolute Gasteiger partial charge is 0.286 e. The molecule has 22 heavy (non-hydrogen) atoms. The second-order valence-corrected chi connectivity index (χ2v) is 4.42. The molecule has 0 spiro atoms. The fourth-order valence-corrected chi connectivity index (χ4v) is 1.89. The van der Waals surface area contributed by atoms with E-state index in [2.05, 4.69) is 0 Å². The molecule has 1 heterocycles. The zero-order valence-electron chi connectivity index (χ0n) is 11.6. The largest absolute Gasteiger partial charge is 0.457 e. The highest BCUT2D eigenvalue weighted by Crippen LogP contribution is 2.26. The number of nitrogens with zero attached hydrogens (tertiary/aromatic N) is 1. The van der Waals surface area contributed by atoms with E-state index in [4.69, 9.17) is 13.9 Å². The van der Waals surface area contributed by atoms with Crippen molar-refractivity contribution in [2.24, 2.45) is 0 Å². The van der Waals surface area contributed by atoms with E-state index < -0.39 is 0 Å². The van der Waals surface area contributed by atoms with Gasteiger partial charge in [0.05, 0.1) is 6.26 Å². The molecule has 0 unspecified atom stereocenters. The predicted molar refractivity (Wildman–Crippen MR) is 80.3 cm³/mol. The quantitative estimate of drug-likeness (QED) is 0.691. The molecular weight excluding hydrogens is 278 g/mol. The van der Waals surface area contributed by atoms with Crippen LogP contribution in [0.2, 0.25) is 0 Å². The molecule has 0 aliphatic rings. The van der Waals surface area contributed by atoms with Gasteiger partial charge in [-0.15, -0.1) is 0 Å². The number of nitriles is 1. The van der Waals surface area contributed by atoms with Crippen molar-refractivity contribution in [1.29, 1.82) is 5.26 Å². The molecule has 0 N–H and O–H groups in total. The number of ether oxygens (including phenoxy) is 2. The van der Waals surface area contributed by atoms with Gasteiger partial charge in [0.15, 0.2) is 0 Å². The summed E-state index contributed by atoms with van der Waals surface area (Å²) >= 11 is 0. The van der Waals surface area contributed by atoms with Gasteiger partial charge in [0.25, 0.3) is 12.1 Å². The first kappa shape index (κ1) is 13.8. The third-order valence-electron chi connectivity index (χ3n) is 2.87. The third-order valence-corrected chi connectivity index (χ3v) is 2.87. The maximum Gasteiger partial charge on any atom is 0.286 e. The number of rotatable bonds is 5. The molecule has 4 nitrogen and oxygen atoms in total. The van der Waals surface area contributed by atoms with Crippen molar-refractivity contribution < 1.29 is 13.9 Å². The average molecular weight is 290 g/mol. The molecule has 2 aromatic carbocycles. The fourth-order valence-electron chi connectivity index (χ4n) is 1.89. The van der Waals surface area contributed by atoms with Crippen LogP contribution in [-0.2, 0) is 0 Å². The first-order valence-corrected chi connectivity index (χ1v) is 6.67. The second kappa shape index (κ2) is 6.51. The molecule has 0 fully saturated rings. The fraction of sp³-hybridized carbons (Fsp3) is 0. The standard InChI is InChI=1S/C18H12NO3/c19-13-17(22-18-10-5-11-20-18)14-6-4-9-16(12-14)21-15-7-2-1-3-8-15/h1-12H. The number of para-hydroxylation sites is 1. The number of hydrogen-bond donors (Lipinski definition) is 0. The summed E-state index contributed by atoms with van der Waals surface area (Å²) < 4.78 is 16.3. The van der Waals surface area contributed by atoms with Crippen LogP contribution < -0.4 is 9.47 Å². The summed E-state index contributed by atoms with van der Waals surface area (Å²) in [5.41, 5.74) is 0.618. The summed E-state index contributed by atoms with van der Waals surface area (Å²) in [5.74, 6) is 1.62. The molecule has 0 bridgehead atoms. The Hall–Kier alpha value is -3.19. The van der Waals surface area contributed by atoms with Crippen molar-refractivity contribution in [2.45, 2.75) is 0 Å². The van der Waals surface area contributed by atoms with Crippen molar-refractivity contribution in [1.82, 2.24) is 0 Å². The molecule has 0 saturated heterocycles. The minimum atomic E-state index is 0.147. The third kappa shape index (κ3) is 3.28. The molecule has 0 saturated carbocycles. The van der Waals surface area contributed by atoms with E-state index >= 15 is 0 Å². The number of furan rings is 1. The molecule has 1 aromatic heterocycles. The Morgan fingerprint density at radius 3 is 2.45 bits per heavy atom. The predicted octanol–water partition coefficient (Wildman–Crippen LogP) is 4.55. The van der Waals surface area contributed by atoms with Gasteiger partial charge < -0.3 is 13.9 Å². The van der Waals surface area contributed by atoms with Crippen LogP contribution in [0.15, 0.2) is 77.4 Å². The van der Waals surface area contributed by atoms with Gasteiger partial charge in [0, 0.05) is 11.6 Å². The van der Waals surface area contributed by atoms with Crippen LogP contribution in [0, 0.1) is 17.4 Å². The highest BCUT2D eigenvalue weighted by molar-refractivity contribution is 5.42. The number of hydrogen-bond acceptors (Lipinski definition) is 4. The van der Waals surface area contributed by atoms with Crippen LogP contribution >= 0.6 is 0 Å². The van der Waals surface area contributed by atoms with Crippen LogP contribution in [0.1, 0.15) is 5.56 Å². The summed E-state index contributed by atoms with van der Waals surface area (Å²) in [6.07, 6.45) is 1.63. The lowest BCUT2D eigenvalue weighted by Crippen LogP contribution is -2.05. The van der Waals surface area contributed by atoms with Crippen LogP contribution in [-0.4, -0.2) is 0 Å². The minimum absolute atomic E-state index is 0.147. The van der Waals surface area contributed by atoms with Gasteiger partial charge in [-0.3, -0.25) is 0 Å². The van der Waals surface area contributed by atoms with Crippen LogP contribution in [0.4, 0.5) is 0 Å². The van der Waals surface area contributed by atoms with Crippen molar-refractivity contribution in [3.63, 3.8) is 0 Å². The number of benzene rings is 2. The Labute approximate surface area is 128 Å². The van der Waals surface area contributed by atoms with Crippen LogP contribution in [0.25, 0.3) is 0 Å². The van der Waals surface area contributed by atoms with E-state index in [1.54, 1.807) is 30.3 Å². The Bertz CT molecular complexity index is 761. The molecule has 3 aromatic rings. The minimum Gasteiger partial charge on any atom is -0.457 e. The molecule has 0 amide bonds. The normalized spacial score (nSPS) is 10.2. The summed E-state index contributed by atoms with van der Waals surface area (Å²) in [4.78, 5) is 0. The van der Waals surface area contributed by atoms with Crippen molar-refractivity contribution in [3.05, 3.63) is 84.7 Å². The van der Waals surface area contributed by atoms with Crippen molar-refractivity contribution in [2.75, 3.05) is 0 Å². The van der Waals surface area contributed by atoms with Gasteiger partial charge in [0.1, 0.15) is 17.6 Å². The average Bonchev–Trinajstić information content (AvgIpc) is 3.07. The SMILES string of the molecule is N#C[C](Oc1ccco1)c1cccc(Oc2ccccc2)c1. The maximum absolute atomic E-state index is 9.26. The summed E-state index contributed by atoms with van der Waals surface area (Å²) in [6, 6.07) is 21.9. The van der Waals surface area contributed by atoms with Gasteiger partial charge in [-0.25, -0.2) is 0 Å². The van der Waals surface area contributed by atoms with Crippen molar-refractivity contribution in [3.8, 4) is 23.5 Å². The molecule has 3 rings (SSSR count). The van der Waals surface area contributed by atoms with Crippen molar-refractivity contribution >= 4 is 0 Å². The Morgan fingerprint density at radius 2 is 1.73 bits per heavy atom. The lowest BCUT2D eigenvalue weighted by Gasteiger charge is -2.10. The van der Waals surface area contributed by atoms with Gasteiger partial charge >= 0.3 is 0 Å². The molecule has 107 valence electrons. The van der Waals surface area contributed by atoms with E-state index in [0.29, 0.717) is 11.3 Å². The van der Waals surface area contributed by atoms with E-state index in [0.717, 1.165) is 5.75 Å². The zero-order chi connectivity index (χ0) is 15.2. The first-order valence-electron chi connectivity index (χ1n) is 6.67. The van der Waals surface area contributed by atoms with E-state index in [1.807, 2.05) is 42.5 Å². The topological polar surface area (TPSA) is 55.4 Å². The van der Waals surface area contributed by atoms with Crippen LogP contribution in [0.3, 0.4) is 0 Å². The second-order valence-electron chi connectivity index (χ2n) is 4.42. The Morgan fingerprint density at radius 1 is 0.909 bits per heavy atom. The molecule has 0 aliphatic heterocycles. The highest BCUT2D eigenvalue weighted by Gasteiger charge is 2.17. The van der Waals surface area contributed by atoms with E-state index in [-0.39, 0.29) is 12.1 Å². The zero-order valence-corrected chi connectivity index (χ0v) is 11.6. The Balaban J connectivity index is 1.79. The molecule has 4 heteroatoms. The molecule has 1 radical (unpaired) electrons. The highest BCUT2D eigenvalue weighted by atomic mass is 16.6. The summed E-state index contributed by atoms with van der Waals surface area (Å²) in [5, 5.41) is 9.26. The Kier molecular flexibility index (Phi) is 4.08. The molecule has 0 aliphatic carbocycles. The van der Waals surface area contributed by atoms with Gasteiger partial charge in [0.2, 0.25) is 0 Å². The first-order chi connectivity index (χ1) is 10.8. The lowest BCUT2D eigenvalue weighted by atomic mass is 10.1. The summed E-state index contributed by atoms with van der Waals surface area (Å²) in [6.45, 7) is 0. The monoisotopic (exact) mass is 290 g/mol. The molecule has 0 atom stereocenters. The van der Waals surface area contributed by atoms with Gasteiger partial charge in [-0.1, -0.05) is 30.3 Å². The van der Waals surface area contributed by atoms with Gasteiger partial charge in [-0.05, 0) is 30.3 Å². The van der Waals surface area contributed by atoms with E-state index in [1.165, 1.54) is 6.26 Å². The maximum atomic E-state index is 9.26.